The Hall–Kier alpha value is 0.759. The summed E-state index contributed by atoms with van der Waals surface area (Å²) in [5.74, 6) is 0. The smallest absolute Gasteiger partial charge is 0.476 e. The fraction of sp³-hybridized carbons (Fsp3) is 0.750. The zero-order valence-electron chi connectivity index (χ0n) is 4.64. The van der Waals surface area contributed by atoms with Gasteiger partial charge < -0.3 is 4.74 Å². The van der Waals surface area contributed by atoms with Gasteiger partial charge in [-0.3, -0.25) is 0 Å². The Balaban J connectivity index is 0. The Morgan fingerprint density at radius 3 is 2.00 bits per heavy atom. The monoisotopic (exact) mass is 199 g/mol. The van der Waals surface area contributed by atoms with E-state index < -0.39 is 0 Å². The molecule has 8 heavy (non-hydrogen) atoms. The molecular formula is C4H8CuOS2+2. The largest absolute Gasteiger partial charge is 2.00 e. The summed E-state index contributed by atoms with van der Waals surface area (Å²) in [7, 11) is 0. The molecule has 0 bridgehead atoms. The van der Waals surface area contributed by atoms with Crippen LogP contribution in [-0.2, 0) is 21.8 Å². The molecule has 0 saturated heterocycles. The second-order valence-electron chi connectivity index (χ2n) is 1.43. The van der Waals surface area contributed by atoms with Crippen molar-refractivity contribution in [3.8, 4) is 0 Å². The number of thiol groups is 1. The van der Waals surface area contributed by atoms with Crippen molar-refractivity contribution in [2.24, 2.45) is 0 Å². The molecule has 0 heterocycles. The number of rotatable bonds is 1. The predicted molar refractivity (Wildman–Crippen MR) is 37.8 cm³/mol. The molecule has 0 aliphatic carbocycles. The van der Waals surface area contributed by atoms with Crippen LogP contribution in [0, 0.1) is 0 Å². The van der Waals surface area contributed by atoms with Crippen molar-refractivity contribution in [3.05, 3.63) is 0 Å². The Morgan fingerprint density at radius 2 is 2.00 bits per heavy atom. The van der Waals surface area contributed by atoms with Crippen molar-refractivity contribution in [1.29, 1.82) is 0 Å². The van der Waals surface area contributed by atoms with Crippen molar-refractivity contribution >= 4 is 29.2 Å². The van der Waals surface area contributed by atoms with Crippen LogP contribution in [0.5, 0.6) is 0 Å². The minimum Gasteiger partial charge on any atom is -0.476 e. The van der Waals surface area contributed by atoms with Crippen LogP contribution in [0.4, 0.5) is 0 Å². The molecule has 0 spiro atoms. The van der Waals surface area contributed by atoms with E-state index >= 15 is 0 Å². The van der Waals surface area contributed by atoms with Gasteiger partial charge in [0, 0.05) is 0 Å². The maximum atomic E-state index is 4.85. The minimum absolute atomic E-state index is 0. The van der Waals surface area contributed by atoms with Gasteiger partial charge in [0.05, 0.1) is 6.10 Å². The molecule has 4 heteroatoms. The van der Waals surface area contributed by atoms with E-state index in [0.29, 0.717) is 4.38 Å². The Bertz CT molecular complexity index is 74.4. The SMILES string of the molecule is CC(C)OC(=S)S.[Cu+2]. The zero-order chi connectivity index (χ0) is 5.86. The zero-order valence-corrected chi connectivity index (χ0v) is 7.30. The molecule has 0 fully saturated rings. The molecule has 0 aromatic rings. The standard InChI is InChI=1S/C4H8OS2.Cu/c1-3(2)5-4(6)7;/h3H,1-2H3,(H,6,7);/q;+2. The van der Waals surface area contributed by atoms with Gasteiger partial charge in [-0.05, 0) is 26.1 Å². The van der Waals surface area contributed by atoms with E-state index in [1.54, 1.807) is 0 Å². The quantitative estimate of drug-likeness (QED) is 0.391. The van der Waals surface area contributed by atoms with E-state index in [4.69, 9.17) is 4.74 Å². The molecule has 0 rings (SSSR count). The molecule has 0 amide bonds. The third-order valence-corrected chi connectivity index (χ3v) is 0.538. The first-order valence-corrected chi connectivity index (χ1v) is 2.88. The molecule has 0 aromatic carbocycles. The van der Waals surface area contributed by atoms with Crippen LogP contribution in [0.15, 0.2) is 0 Å². The minimum atomic E-state index is 0. The van der Waals surface area contributed by atoms with Gasteiger partial charge in [-0.1, -0.05) is 12.6 Å². The van der Waals surface area contributed by atoms with Gasteiger partial charge in [-0.2, -0.15) is 0 Å². The van der Waals surface area contributed by atoms with Crippen LogP contribution in [0.25, 0.3) is 0 Å². The van der Waals surface area contributed by atoms with Crippen molar-refractivity contribution in [1.82, 2.24) is 0 Å². The average molecular weight is 200 g/mol. The van der Waals surface area contributed by atoms with Gasteiger partial charge in [-0.25, -0.2) is 0 Å². The van der Waals surface area contributed by atoms with Crippen molar-refractivity contribution < 1.29 is 21.8 Å². The molecule has 1 nitrogen and oxygen atoms in total. The summed E-state index contributed by atoms with van der Waals surface area (Å²) in [5, 5.41) is 0. The van der Waals surface area contributed by atoms with E-state index in [-0.39, 0.29) is 23.2 Å². The third kappa shape index (κ3) is 9.90. The second kappa shape index (κ2) is 5.89. The van der Waals surface area contributed by atoms with Crippen molar-refractivity contribution in [2.75, 3.05) is 0 Å². The number of hydrogen-bond donors (Lipinski definition) is 1. The van der Waals surface area contributed by atoms with Crippen LogP contribution in [0.3, 0.4) is 0 Å². The number of thiocarbonyl (C=S) groups is 1. The van der Waals surface area contributed by atoms with Gasteiger partial charge in [0.25, 0.3) is 0 Å². The number of hydrogen-bond acceptors (Lipinski definition) is 2. The summed E-state index contributed by atoms with van der Waals surface area (Å²) in [6, 6.07) is 0. The normalized spacial score (nSPS) is 8.00. The first-order chi connectivity index (χ1) is 3.13. The summed E-state index contributed by atoms with van der Waals surface area (Å²) < 4.78 is 5.16. The third-order valence-electron chi connectivity index (χ3n) is 0.337. The van der Waals surface area contributed by atoms with Crippen LogP contribution < -0.4 is 0 Å². The van der Waals surface area contributed by atoms with Crippen molar-refractivity contribution in [3.63, 3.8) is 0 Å². The molecule has 0 unspecified atom stereocenters. The molecule has 0 N–H and O–H groups in total. The molecule has 0 aliphatic rings. The molecule has 0 aromatic heterocycles. The summed E-state index contributed by atoms with van der Waals surface area (Å²) >= 11 is 8.26. The molecule has 0 aliphatic heterocycles. The Morgan fingerprint density at radius 1 is 1.62 bits per heavy atom. The van der Waals surface area contributed by atoms with Gasteiger partial charge in [0.15, 0.2) is 0 Å². The maximum absolute atomic E-state index is 4.85. The first kappa shape index (κ1) is 11.5. The van der Waals surface area contributed by atoms with Crippen LogP contribution in [0.1, 0.15) is 13.8 Å². The predicted octanol–water partition coefficient (Wildman–Crippen LogP) is 1.62. The van der Waals surface area contributed by atoms with E-state index in [9.17, 15) is 0 Å². The summed E-state index contributed by atoms with van der Waals surface area (Å²) in [4.78, 5) is 0. The summed E-state index contributed by atoms with van der Waals surface area (Å²) in [5.41, 5.74) is 0. The van der Waals surface area contributed by atoms with Gasteiger partial charge in [-0.15, -0.1) is 0 Å². The van der Waals surface area contributed by atoms with E-state index in [2.05, 4.69) is 24.8 Å². The molecule has 1 radical (unpaired) electrons. The Labute approximate surface area is 71.1 Å². The van der Waals surface area contributed by atoms with E-state index in [1.165, 1.54) is 0 Å². The molecule has 0 atom stereocenters. The van der Waals surface area contributed by atoms with E-state index in [1.807, 2.05) is 13.8 Å². The molecule has 0 saturated carbocycles. The van der Waals surface area contributed by atoms with Gasteiger partial charge in [0.1, 0.15) is 0 Å². The van der Waals surface area contributed by atoms with Crippen molar-refractivity contribution in [2.45, 2.75) is 20.0 Å². The van der Waals surface area contributed by atoms with Crippen LogP contribution >= 0.6 is 24.8 Å². The second-order valence-corrected chi connectivity index (χ2v) is 2.51. The first-order valence-electron chi connectivity index (χ1n) is 2.02. The fourth-order valence-corrected chi connectivity index (χ4v) is 0.605. The van der Waals surface area contributed by atoms with E-state index in [0.717, 1.165) is 0 Å². The fourth-order valence-electron chi connectivity index (χ4n) is 0.202. The van der Waals surface area contributed by atoms with Gasteiger partial charge >= 0.3 is 17.1 Å². The van der Waals surface area contributed by atoms with Crippen LogP contribution in [0.2, 0.25) is 0 Å². The molecular weight excluding hydrogens is 192 g/mol. The number of ether oxygens (including phenoxy) is 1. The molecule has 51 valence electrons. The maximum Gasteiger partial charge on any atom is 2.00 e. The Kier molecular flexibility index (Phi) is 8.50. The summed E-state index contributed by atoms with van der Waals surface area (Å²) in [6.45, 7) is 3.81. The van der Waals surface area contributed by atoms with Crippen LogP contribution in [-0.4, -0.2) is 10.5 Å². The summed E-state index contributed by atoms with van der Waals surface area (Å²) in [6.07, 6.45) is 0.157. The van der Waals surface area contributed by atoms with Gasteiger partial charge in [0.2, 0.25) is 4.38 Å². The average Bonchev–Trinajstić information content (AvgIpc) is 1.27. The topological polar surface area (TPSA) is 9.23 Å².